The number of hydrogen-bond acceptors (Lipinski definition) is 12. The molecule has 0 aromatic heterocycles. The van der Waals surface area contributed by atoms with Gasteiger partial charge in [-0.15, -0.1) is 13.2 Å². The van der Waals surface area contributed by atoms with Crippen LogP contribution in [0.4, 0.5) is 48.3 Å². The molecule has 0 spiro atoms. The third-order valence-electron chi connectivity index (χ3n) is 22.8. The topological polar surface area (TPSA) is 111 Å². The van der Waals surface area contributed by atoms with Gasteiger partial charge in [0, 0.05) is 17.2 Å². The fourth-order valence-electron chi connectivity index (χ4n) is 14.1. The van der Waals surface area contributed by atoms with Crippen molar-refractivity contribution in [2.45, 2.75) is 304 Å². The fraction of sp³-hybridized carbons (Fsp3) is 0.429. The van der Waals surface area contributed by atoms with Gasteiger partial charge in [0.2, 0.25) is 0 Å². The molecule has 0 saturated carbocycles. The zero-order chi connectivity index (χ0) is 114. The molecule has 0 bridgehead atoms. The van der Waals surface area contributed by atoms with E-state index >= 15 is 0 Å². The maximum absolute atomic E-state index is 12.3. The maximum atomic E-state index is 12.3. The average Bonchev–Trinajstić information content (AvgIpc) is 0.833. The lowest BCUT2D eigenvalue weighted by atomic mass is 10.0. The van der Waals surface area contributed by atoms with E-state index in [0.29, 0.717) is 63.1 Å². The standard InChI is InChI=1S/2C12H18O.C11H16O2.2C11H16O.2C10H11F3O.C10H11F3.C10H12F2O.C10H14O2.C10H14.C9H11ClO/c1-5-13-12-8-11(9(2)3)7-6-10(12)4;1-5-11-8-12(13-9(2)3)7-6-10(11)4;1-4-12-10-7-6-9(3)11(8-10)13-5-2;1-4-10-8-11(12-5-2)7-6-9(10)3;1-4-10-7-6-9(3)11(8-10)12-5-2;1-3-14-9-6-8(10(11,12)13)5-4-7(9)2;1-3-8-6-9(5-4-7(8)2)14-10(11,12)13;1-3-8-6-9(10(11,12)13)5-4-7(8)2;1-3-8-6-9(13-10(11)12)5-4-7(8)2;1-4-12-10-7-9(11-3)6-5-8(10)2;1-4-10-7-8(2)5-6-9(10)3;1-3-11-9-6-8(10)5-4-7(9)2/h2*6-9H,5H2,1-4H3;6-8H,4-5H2,1-3H3;2*6-8H,4-5H2,1-3H3;2*4-6H,3H2,1-2H3;4-6H,3H2,1-2H3;4-6,10H,3H2,1-2H3;5-7H,4H2,1-3H3;5-7H,4H2,1-3H3;4-6H,3H2,1-2H3. The molecule has 0 amide bonds. The van der Waals surface area contributed by atoms with Crippen LogP contribution in [0.2, 0.25) is 5.02 Å². The Bertz CT molecular complexity index is 5700. The first-order chi connectivity index (χ1) is 70.8. The highest BCUT2D eigenvalue weighted by Gasteiger charge is 2.33. The molecule has 0 aliphatic carbocycles. The zero-order valence-corrected chi connectivity index (χ0v) is 95.8. The number of aryl methyl sites for hydroxylation is 20. The highest BCUT2D eigenvalue weighted by Crippen LogP contribution is 2.36. The summed E-state index contributed by atoms with van der Waals surface area (Å²) in [5.74, 6) is 9.35. The van der Waals surface area contributed by atoms with E-state index in [9.17, 15) is 48.3 Å². The summed E-state index contributed by atoms with van der Waals surface area (Å²) in [6, 6.07) is 66.1. The molecule has 0 unspecified atom stereocenters. The van der Waals surface area contributed by atoms with Crippen LogP contribution in [0.5, 0.6) is 69.0 Å². The van der Waals surface area contributed by atoms with Crippen LogP contribution in [-0.4, -0.2) is 79.0 Å². The van der Waals surface area contributed by atoms with Gasteiger partial charge in [0.05, 0.1) is 77.2 Å². The van der Waals surface area contributed by atoms with Crippen LogP contribution in [0.3, 0.4) is 0 Å². The summed E-state index contributed by atoms with van der Waals surface area (Å²) in [4.78, 5) is 0. The summed E-state index contributed by atoms with van der Waals surface area (Å²) in [5, 5.41) is 0.721. The Balaban J connectivity index is 0.000000819. The molecule has 0 radical (unpaired) electrons. The Hall–Kier alpha value is -12.2. The third-order valence-corrected chi connectivity index (χ3v) is 23.0. The first kappa shape index (κ1) is 136. The van der Waals surface area contributed by atoms with Gasteiger partial charge in [-0.1, -0.05) is 177 Å². The second kappa shape index (κ2) is 73.0. The lowest BCUT2D eigenvalue weighted by molar-refractivity contribution is -0.274. The molecule has 150 heavy (non-hydrogen) atoms. The first-order valence-electron chi connectivity index (χ1n) is 51.7. The maximum Gasteiger partial charge on any atom is 0.573 e. The number of hydrogen-bond donors (Lipinski definition) is 0. The highest BCUT2D eigenvalue weighted by molar-refractivity contribution is 6.30. The molecule has 0 saturated heterocycles. The van der Waals surface area contributed by atoms with Gasteiger partial charge in [-0.05, 0) is 431 Å². The monoisotopic (exact) mass is 2120 g/mol. The molecule has 0 fully saturated rings. The quantitative estimate of drug-likeness (QED) is 0.0400. The molecular weight excluding hydrogens is 1950 g/mol. The van der Waals surface area contributed by atoms with Gasteiger partial charge < -0.3 is 56.8 Å². The van der Waals surface area contributed by atoms with Crippen molar-refractivity contribution < 1.29 is 105 Å². The van der Waals surface area contributed by atoms with Crippen LogP contribution in [-0.2, 0) is 57.3 Å². The molecule has 0 atom stereocenters. The average molecular weight is 2120 g/mol. The Morgan fingerprint density at radius 2 is 0.533 bits per heavy atom. The van der Waals surface area contributed by atoms with Crippen molar-refractivity contribution in [1.82, 2.24) is 0 Å². The third kappa shape index (κ3) is 54.5. The Morgan fingerprint density at radius 1 is 0.253 bits per heavy atom. The van der Waals surface area contributed by atoms with E-state index in [0.717, 1.165) is 177 Å². The van der Waals surface area contributed by atoms with Crippen LogP contribution in [0.15, 0.2) is 218 Å². The minimum Gasteiger partial charge on any atom is -0.497 e. The van der Waals surface area contributed by atoms with E-state index in [-0.39, 0.29) is 17.6 Å². The van der Waals surface area contributed by atoms with Gasteiger partial charge in [-0.3, -0.25) is 0 Å². The van der Waals surface area contributed by atoms with Crippen molar-refractivity contribution in [1.29, 1.82) is 0 Å². The van der Waals surface area contributed by atoms with E-state index in [1.165, 1.54) is 91.5 Å². The summed E-state index contributed by atoms with van der Waals surface area (Å²) in [7, 11) is 1.65. The largest absolute Gasteiger partial charge is 0.573 e. The Morgan fingerprint density at radius 3 is 0.893 bits per heavy atom. The second-order valence-corrected chi connectivity index (χ2v) is 35.6. The molecule has 12 rings (SSSR count). The van der Waals surface area contributed by atoms with E-state index in [4.69, 9.17) is 59.0 Å². The number of alkyl halides is 11. The van der Waals surface area contributed by atoms with E-state index in [2.05, 4.69) is 171 Å². The lowest BCUT2D eigenvalue weighted by Gasteiger charge is -2.11. The zero-order valence-electron chi connectivity index (χ0n) is 95.1. The van der Waals surface area contributed by atoms with Crippen molar-refractivity contribution in [3.63, 3.8) is 0 Å². The lowest BCUT2D eigenvalue weighted by Crippen LogP contribution is -2.17. The normalized spacial score (nSPS) is 10.5. The fourth-order valence-corrected chi connectivity index (χ4v) is 14.3. The molecule has 24 heteroatoms. The van der Waals surface area contributed by atoms with Gasteiger partial charge in [0.25, 0.3) is 0 Å². The van der Waals surface area contributed by atoms with Gasteiger partial charge in [0.15, 0.2) is 0 Å². The van der Waals surface area contributed by atoms with Gasteiger partial charge in [-0.2, -0.15) is 35.1 Å². The number of benzene rings is 12. The molecule has 0 aliphatic rings. The molecule has 0 heterocycles. The van der Waals surface area contributed by atoms with E-state index in [1.54, 1.807) is 45.2 Å². The summed E-state index contributed by atoms with van der Waals surface area (Å²) < 4.78 is 195. The molecule has 0 N–H and O–H groups in total. The first-order valence-corrected chi connectivity index (χ1v) is 52.1. The smallest absolute Gasteiger partial charge is 0.497 e. The number of methoxy groups -OCH3 is 1. The van der Waals surface area contributed by atoms with Crippen LogP contribution in [0.25, 0.3) is 0 Å². The molecule has 0 aliphatic heterocycles. The van der Waals surface area contributed by atoms with Crippen molar-refractivity contribution in [3.8, 4) is 69.0 Å². The molecule has 12 nitrogen and oxygen atoms in total. The van der Waals surface area contributed by atoms with Crippen molar-refractivity contribution in [2.75, 3.05) is 60.0 Å². The highest BCUT2D eigenvalue weighted by atomic mass is 35.5. The van der Waals surface area contributed by atoms with Gasteiger partial charge in [0.1, 0.15) is 69.0 Å². The van der Waals surface area contributed by atoms with Crippen molar-refractivity contribution in [2.24, 2.45) is 0 Å². The molecule has 12 aromatic rings. The SMILES string of the molecule is CCOc1cc(C(C)C)ccc1C.CCOc1cc(C(F)(F)F)ccc1C.CCOc1cc(CC)ccc1C.CCOc1cc(Cl)ccc1C.CCOc1cc(OC)ccc1C.CCOc1ccc(C)c(CC)c1.CCOc1ccc(C)c(OCC)c1.CCc1cc(C(F)(F)F)ccc1C.CCc1cc(C)ccc1C.CCc1cc(OC(C)C)ccc1C.CCc1cc(OC(F)(F)F)ccc1C.CCc1cc(OC(F)F)ccc1C. The van der Waals surface area contributed by atoms with E-state index in [1.807, 2.05) is 191 Å². The van der Waals surface area contributed by atoms with Crippen LogP contribution in [0.1, 0.15) is 265 Å². The van der Waals surface area contributed by atoms with Crippen molar-refractivity contribution in [3.05, 3.63) is 351 Å². The summed E-state index contributed by atoms with van der Waals surface area (Å²) in [6.45, 7) is 67.2. The Kier molecular flexibility index (Phi) is 66.1. The molecule has 12 aromatic carbocycles. The van der Waals surface area contributed by atoms with Gasteiger partial charge in [-0.25, -0.2) is 0 Å². The van der Waals surface area contributed by atoms with Crippen LogP contribution >= 0.6 is 11.6 Å². The number of rotatable bonds is 30. The predicted molar refractivity (Wildman–Crippen MR) is 599 cm³/mol. The van der Waals surface area contributed by atoms with Gasteiger partial charge >= 0.3 is 25.3 Å². The Labute approximate surface area is 895 Å². The summed E-state index contributed by atoms with van der Waals surface area (Å²) in [6.07, 6.45) is -6.37. The molecular formula is C126H168ClF11O12. The van der Waals surface area contributed by atoms with Crippen LogP contribution in [0, 0.1) is 90.0 Å². The number of ether oxygens (including phenoxy) is 12. The second-order valence-electron chi connectivity index (χ2n) is 35.2. The summed E-state index contributed by atoms with van der Waals surface area (Å²) >= 11 is 5.77. The number of halogens is 12. The predicted octanol–water partition coefficient (Wildman–Crippen LogP) is 37.5. The van der Waals surface area contributed by atoms with Crippen molar-refractivity contribution >= 4 is 11.6 Å². The summed E-state index contributed by atoms with van der Waals surface area (Å²) in [5.41, 5.74) is 23.3. The van der Waals surface area contributed by atoms with E-state index < -0.39 is 36.5 Å². The molecule has 828 valence electrons. The minimum atomic E-state index is -4.61. The van der Waals surface area contributed by atoms with Crippen LogP contribution < -0.4 is 56.8 Å². The minimum absolute atomic E-state index is 0.153.